The summed E-state index contributed by atoms with van der Waals surface area (Å²) in [7, 11) is 1.33. The van der Waals surface area contributed by atoms with Gasteiger partial charge in [-0.25, -0.2) is 4.79 Å². The average molecular weight is 912 g/mol. The molecule has 1 spiro atoms. The smallest absolute Gasteiger partial charge is 0.333 e. The van der Waals surface area contributed by atoms with Crippen molar-refractivity contribution in [1.82, 2.24) is 0 Å². The van der Waals surface area contributed by atoms with Gasteiger partial charge in [0, 0.05) is 45.1 Å². The molecule has 5 aliphatic heterocycles. The highest BCUT2D eigenvalue weighted by molar-refractivity contribution is 8.00. The van der Waals surface area contributed by atoms with Crippen molar-refractivity contribution in [2.75, 3.05) is 19.0 Å². The molecule has 65 heavy (non-hydrogen) atoms. The van der Waals surface area contributed by atoms with Crippen LogP contribution >= 0.6 is 11.8 Å². The lowest BCUT2D eigenvalue weighted by molar-refractivity contribution is -0.277. The fourth-order valence-electron chi connectivity index (χ4n) is 11.2. The van der Waals surface area contributed by atoms with Gasteiger partial charge in [0.15, 0.2) is 17.0 Å². The number of esters is 1. The van der Waals surface area contributed by atoms with Crippen LogP contribution in [0.25, 0.3) is 11.8 Å². The molecule has 5 heterocycles. The van der Waals surface area contributed by atoms with Crippen molar-refractivity contribution in [3.8, 4) is 17.2 Å². The van der Waals surface area contributed by atoms with E-state index in [1.165, 1.54) is 12.7 Å². The van der Waals surface area contributed by atoms with Crippen LogP contribution < -0.4 is 19.5 Å². The number of carbonyl (C=O) groups excluding carboxylic acids is 2. The van der Waals surface area contributed by atoms with E-state index in [1.54, 1.807) is 24.8 Å². The van der Waals surface area contributed by atoms with Crippen molar-refractivity contribution in [2.24, 2.45) is 11.8 Å². The summed E-state index contributed by atoms with van der Waals surface area (Å²) < 4.78 is 40.4. The van der Waals surface area contributed by atoms with Crippen LogP contribution in [0.3, 0.4) is 0 Å². The van der Waals surface area contributed by atoms with Crippen molar-refractivity contribution >= 4 is 41.0 Å². The van der Waals surface area contributed by atoms with Crippen LogP contribution in [0.4, 0.5) is 5.69 Å². The first-order valence-electron chi connectivity index (χ1n) is 22.6. The minimum atomic E-state index is -1.73. The van der Waals surface area contributed by atoms with Crippen LogP contribution in [-0.4, -0.2) is 104 Å². The molecule has 0 amide bonds. The second kappa shape index (κ2) is 16.4. The number of allylic oxidation sites excluding steroid dienone is 4. The highest BCUT2D eigenvalue weighted by atomic mass is 32.2. The van der Waals surface area contributed by atoms with Gasteiger partial charge in [0.25, 0.3) is 0 Å². The van der Waals surface area contributed by atoms with Gasteiger partial charge in [-0.15, -0.1) is 11.8 Å². The molecule has 5 fully saturated rings. The number of nitrogens with one attached hydrogen (secondary N) is 1. The van der Waals surface area contributed by atoms with E-state index in [2.05, 4.69) is 31.3 Å². The maximum atomic E-state index is 15.7. The Hall–Kier alpha value is -4.41. The predicted molar refractivity (Wildman–Crippen MR) is 246 cm³/mol. The Kier molecular flexibility index (Phi) is 11.6. The molecule has 2 aromatic carbocycles. The number of benzene rings is 2. The minimum absolute atomic E-state index is 0.0315. The highest BCUT2D eigenvalue weighted by Gasteiger charge is 2.83. The standard InChI is InChI=1S/C51H61NO12S/c1-25(2)13-12-20-49(8)21-19-29-41(62-49)28(17-16-26(3)4)43-35(42(29)61-47-40(56)39(55)38(54)32(24-53)60-47)37-36-44(65-33-15-11-10-14-31(33)52-37)30-23-34-48(6,7)64-50(45(30)57,51(34,36)63-43)22-18-27(5)46(58)59-9/h10-11,13-16,18-19,21,30,32,34,38-40,44,47,52-56H,12,17,20,22-24H2,1-9H3/b27-18-/t30?,32-,34?,38-,39+,40-,44?,47+,49?,50?,51?/m0/s1. The number of hydrogen-bond acceptors (Lipinski definition) is 14. The van der Waals surface area contributed by atoms with E-state index in [4.69, 9.17) is 28.4 Å². The first-order chi connectivity index (χ1) is 30.8. The van der Waals surface area contributed by atoms with Crippen molar-refractivity contribution in [1.29, 1.82) is 0 Å². The molecule has 2 saturated heterocycles. The van der Waals surface area contributed by atoms with E-state index in [-0.39, 0.29) is 23.9 Å². The molecule has 8 aliphatic rings. The third-order valence-electron chi connectivity index (χ3n) is 14.4. The van der Waals surface area contributed by atoms with Crippen LogP contribution in [0.15, 0.2) is 75.8 Å². The largest absolute Gasteiger partial charge is 0.482 e. The number of Topliss-reactive ketones (excluding diaryl/α,β-unsaturated/α-hetero) is 1. The van der Waals surface area contributed by atoms with Gasteiger partial charge < -0.3 is 54.2 Å². The normalized spacial score (nSPS) is 34.4. The molecule has 3 aliphatic carbocycles. The number of methoxy groups -OCH3 is 1. The third kappa shape index (κ3) is 7.04. The number of carbonyl (C=O) groups is 2. The Morgan fingerprint density at radius 1 is 0.969 bits per heavy atom. The number of para-hydroxylation sites is 1. The number of thioether (sulfide) groups is 1. The molecule has 13 nitrogen and oxygen atoms in total. The van der Waals surface area contributed by atoms with E-state index < -0.39 is 76.9 Å². The fourth-order valence-corrected chi connectivity index (χ4v) is 12.7. The van der Waals surface area contributed by atoms with Crippen molar-refractivity contribution in [2.45, 2.75) is 151 Å². The molecule has 14 heteroatoms. The zero-order valence-corrected chi connectivity index (χ0v) is 39.3. The lowest BCUT2D eigenvalue weighted by atomic mass is 9.49. The number of ketones is 1. The number of fused-ring (bicyclic) bond motifs is 4. The zero-order valence-electron chi connectivity index (χ0n) is 38.5. The summed E-state index contributed by atoms with van der Waals surface area (Å²) in [5.41, 5.74) is 1.90. The van der Waals surface area contributed by atoms with E-state index in [0.717, 1.165) is 28.1 Å². The minimum Gasteiger partial charge on any atom is -0.482 e. The first kappa shape index (κ1) is 45.7. The highest BCUT2D eigenvalue weighted by Crippen LogP contribution is 2.73. The molecule has 6 unspecified atom stereocenters. The first-order valence-corrected chi connectivity index (χ1v) is 23.5. The van der Waals surface area contributed by atoms with E-state index in [1.807, 2.05) is 71.0 Å². The lowest BCUT2D eigenvalue weighted by Crippen LogP contribution is -2.75. The lowest BCUT2D eigenvalue weighted by Gasteiger charge is -2.61. The van der Waals surface area contributed by atoms with Crippen LogP contribution in [0, 0.1) is 11.8 Å². The van der Waals surface area contributed by atoms with Gasteiger partial charge in [-0.1, -0.05) is 41.5 Å². The molecule has 4 bridgehead atoms. The van der Waals surface area contributed by atoms with Crippen LogP contribution in [0.5, 0.6) is 17.2 Å². The van der Waals surface area contributed by atoms with Gasteiger partial charge in [-0.2, -0.15) is 0 Å². The van der Waals surface area contributed by atoms with E-state index in [0.29, 0.717) is 58.7 Å². The number of rotatable bonds is 11. The Balaban J connectivity index is 1.38. The quantitative estimate of drug-likeness (QED) is 0.0884. The maximum Gasteiger partial charge on any atom is 0.333 e. The average Bonchev–Trinajstić information content (AvgIpc) is 3.34. The SMILES string of the molecule is COC(=O)/C(C)=C\CC12OC(C)(C)C3CC(C1=O)C1Sc4ccccc4NC4=C1C32Oc1c(CC=C(C)C)c2c(c(O[C@H]3O[C@@H](CO)[C@H](O)[C@@H](O)[C@@H]3O)c14)C=CC(C)(CCC=C(C)C)O2. The summed E-state index contributed by atoms with van der Waals surface area (Å²) in [5, 5.41) is 47.1. The summed E-state index contributed by atoms with van der Waals surface area (Å²) in [6, 6.07) is 7.95. The molecule has 2 aromatic rings. The Morgan fingerprint density at radius 2 is 1.71 bits per heavy atom. The second-order valence-electron chi connectivity index (χ2n) is 19.8. The number of hydrogen-bond donors (Lipinski definition) is 5. The summed E-state index contributed by atoms with van der Waals surface area (Å²) in [6.45, 7) is 15.2. The number of aliphatic hydroxyl groups is 4. The van der Waals surface area contributed by atoms with Crippen LogP contribution in [-0.2, 0) is 30.2 Å². The molecule has 0 radical (unpaired) electrons. The summed E-state index contributed by atoms with van der Waals surface area (Å²) in [4.78, 5) is 29.5. The summed E-state index contributed by atoms with van der Waals surface area (Å²) in [5.74, 6) is -0.391. The molecule has 0 aromatic heterocycles. The molecule has 5 N–H and O–H groups in total. The van der Waals surface area contributed by atoms with Gasteiger partial charge >= 0.3 is 5.97 Å². The van der Waals surface area contributed by atoms with Gasteiger partial charge in [0.1, 0.15) is 47.3 Å². The maximum absolute atomic E-state index is 15.7. The van der Waals surface area contributed by atoms with Gasteiger partial charge in [0.2, 0.25) is 6.29 Å². The molecule has 11 atom stereocenters. The predicted octanol–water partition coefficient (Wildman–Crippen LogP) is 6.99. The molecule has 10 rings (SSSR count). The van der Waals surface area contributed by atoms with Gasteiger partial charge in [0.05, 0.1) is 41.8 Å². The fraction of sp³-hybridized carbons (Fsp3) is 0.529. The van der Waals surface area contributed by atoms with Gasteiger partial charge in [-0.3, -0.25) is 4.79 Å². The second-order valence-corrected chi connectivity index (χ2v) is 21.0. The Morgan fingerprint density at radius 3 is 2.42 bits per heavy atom. The molecule has 348 valence electrons. The van der Waals surface area contributed by atoms with Crippen molar-refractivity contribution in [3.63, 3.8) is 0 Å². The van der Waals surface area contributed by atoms with Crippen LogP contribution in [0.2, 0.25) is 0 Å². The van der Waals surface area contributed by atoms with E-state index in [9.17, 15) is 25.2 Å². The summed E-state index contributed by atoms with van der Waals surface area (Å²) in [6.07, 6.45) is 4.40. The van der Waals surface area contributed by atoms with Crippen LogP contribution in [0.1, 0.15) is 97.8 Å². The number of aliphatic hydroxyl groups excluding tert-OH is 4. The topological polar surface area (TPSA) is 182 Å². The monoisotopic (exact) mass is 911 g/mol. The van der Waals surface area contributed by atoms with Gasteiger partial charge in [-0.05, 0) is 105 Å². The molecular formula is C51H61NO12S. The zero-order chi connectivity index (χ0) is 46.5. The van der Waals surface area contributed by atoms with E-state index >= 15 is 4.79 Å². The Bertz CT molecular complexity index is 2480. The van der Waals surface area contributed by atoms with Crippen molar-refractivity contribution < 1.29 is 58.4 Å². The van der Waals surface area contributed by atoms with Crippen molar-refractivity contribution in [3.05, 3.63) is 87.6 Å². The number of ether oxygens (including phenoxy) is 6. The summed E-state index contributed by atoms with van der Waals surface area (Å²) >= 11 is 1.61. The molecule has 3 saturated carbocycles. The number of anilines is 1. The third-order valence-corrected chi connectivity index (χ3v) is 15.9. The Labute approximate surface area is 384 Å². The molecular weight excluding hydrogens is 851 g/mol.